The van der Waals surface area contributed by atoms with Gasteiger partial charge in [-0.25, -0.2) is 0 Å². The Morgan fingerprint density at radius 3 is 2.38 bits per heavy atom. The van der Waals surface area contributed by atoms with Gasteiger partial charge >= 0.3 is 6.18 Å². The first-order valence-corrected chi connectivity index (χ1v) is 9.18. The summed E-state index contributed by atoms with van der Waals surface area (Å²) in [5.74, 6) is -0.383. The molecule has 1 aromatic rings. The minimum atomic E-state index is -4.35. The van der Waals surface area contributed by atoms with E-state index < -0.39 is 18.8 Å². The van der Waals surface area contributed by atoms with Crippen molar-refractivity contribution < 1.29 is 18.0 Å². The standard InChI is InChI=1S/C19H28F3N3O/c1-3-15-4-6-16(7-5-15)14(2)12-18(26)24-13-17(19(20,21)22)25-10-8-23-9-11-25/h4-7,14,17,23H,3,8-13H2,1-2H3,(H,24,26). The molecule has 1 saturated heterocycles. The zero-order valence-corrected chi connectivity index (χ0v) is 15.4. The molecule has 0 spiro atoms. The van der Waals surface area contributed by atoms with Crippen LogP contribution in [0.15, 0.2) is 24.3 Å². The zero-order valence-electron chi connectivity index (χ0n) is 15.4. The number of hydrogen-bond acceptors (Lipinski definition) is 3. The van der Waals surface area contributed by atoms with Gasteiger partial charge in [0.2, 0.25) is 5.91 Å². The van der Waals surface area contributed by atoms with Crippen molar-refractivity contribution in [3.63, 3.8) is 0 Å². The van der Waals surface area contributed by atoms with Crippen LogP contribution in [0.1, 0.15) is 37.3 Å². The molecule has 1 heterocycles. The molecule has 4 nitrogen and oxygen atoms in total. The van der Waals surface area contributed by atoms with E-state index in [2.05, 4.69) is 17.6 Å². The first-order chi connectivity index (χ1) is 12.3. The second-order valence-electron chi connectivity index (χ2n) is 6.85. The lowest BCUT2D eigenvalue weighted by Gasteiger charge is -2.36. The summed E-state index contributed by atoms with van der Waals surface area (Å²) in [7, 11) is 0. The van der Waals surface area contributed by atoms with Crippen molar-refractivity contribution in [2.75, 3.05) is 32.7 Å². The van der Waals surface area contributed by atoms with Crippen LogP contribution in [-0.4, -0.2) is 55.7 Å². The molecule has 2 rings (SSSR count). The van der Waals surface area contributed by atoms with Crippen LogP contribution in [0, 0.1) is 0 Å². The Balaban J connectivity index is 1.88. The first-order valence-electron chi connectivity index (χ1n) is 9.18. The van der Waals surface area contributed by atoms with Crippen molar-refractivity contribution in [3.05, 3.63) is 35.4 Å². The van der Waals surface area contributed by atoms with Gasteiger partial charge in [0, 0.05) is 39.1 Å². The largest absolute Gasteiger partial charge is 0.405 e. The summed E-state index contributed by atoms with van der Waals surface area (Å²) in [6.45, 7) is 5.32. The Kier molecular flexibility index (Phi) is 7.46. The fourth-order valence-electron chi connectivity index (χ4n) is 3.21. The highest BCUT2D eigenvalue weighted by Gasteiger charge is 2.43. The second kappa shape index (κ2) is 9.37. The summed E-state index contributed by atoms with van der Waals surface area (Å²) < 4.78 is 40.0. The topological polar surface area (TPSA) is 44.4 Å². The number of piperazine rings is 1. The van der Waals surface area contributed by atoms with Gasteiger partial charge in [-0.2, -0.15) is 13.2 Å². The highest BCUT2D eigenvalue weighted by molar-refractivity contribution is 5.76. The normalized spacial score (nSPS) is 18.3. The first kappa shape index (κ1) is 20.7. The van der Waals surface area contributed by atoms with Gasteiger partial charge in [0.1, 0.15) is 6.04 Å². The van der Waals surface area contributed by atoms with E-state index >= 15 is 0 Å². The maximum atomic E-state index is 13.3. The molecule has 0 aromatic heterocycles. The fraction of sp³-hybridized carbons (Fsp3) is 0.632. The SMILES string of the molecule is CCc1ccc(C(C)CC(=O)NCC(N2CCNCC2)C(F)(F)F)cc1. The van der Waals surface area contributed by atoms with Crippen molar-refractivity contribution >= 4 is 5.91 Å². The number of nitrogens with one attached hydrogen (secondary N) is 2. The molecule has 146 valence electrons. The summed E-state index contributed by atoms with van der Waals surface area (Å²) in [5.41, 5.74) is 2.24. The molecule has 1 amide bonds. The van der Waals surface area contributed by atoms with Gasteiger partial charge in [0.25, 0.3) is 0 Å². The maximum Gasteiger partial charge on any atom is 0.405 e. The van der Waals surface area contributed by atoms with E-state index in [0.29, 0.717) is 26.2 Å². The van der Waals surface area contributed by atoms with E-state index in [0.717, 1.165) is 12.0 Å². The molecule has 0 radical (unpaired) electrons. The molecular weight excluding hydrogens is 343 g/mol. The Hall–Kier alpha value is -1.60. The van der Waals surface area contributed by atoms with Gasteiger partial charge in [-0.3, -0.25) is 9.69 Å². The number of hydrogen-bond donors (Lipinski definition) is 2. The summed E-state index contributed by atoms with van der Waals surface area (Å²) in [4.78, 5) is 13.5. The summed E-state index contributed by atoms with van der Waals surface area (Å²) in [6.07, 6.45) is -3.23. The van der Waals surface area contributed by atoms with Crippen LogP contribution in [0.4, 0.5) is 13.2 Å². The lowest BCUT2D eigenvalue weighted by atomic mass is 9.96. The minimum Gasteiger partial charge on any atom is -0.354 e. The Labute approximate surface area is 153 Å². The molecule has 0 saturated carbocycles. The molecular formula is C19H28F3N3O. The van der Waals surface area contributed by atoms with Gasteiger partial charge < -0.3 is 10.6 Å². The number of aryl methyl sites for hydroxylation is 1. The van der Waals surface area contributed by atoms with Crippen molar-refractivity contribution in [1.82, 2.24) is 15.5 Å². The van der Waals surface area contributed by atoms with Crippen molar-refractivity contribution in [2.24, 2.45) is 0 Å². The summed E-state index contributed by atoms with van der Waals surface area (Å²) in [5, 5.41) is 5.53. The third-order valence-corrected chi connectivity index (χ3v) is 4.91. The second-order valence-corrected chi connectivity index (χ2v) is 6.85. The minimum absolute atomic E-state index is 0.0376. The predicted octanol–water partition coefficient (Wildman–Crippen LogP) is 2.69. The van der Waals surface area contributed by atoms with Crippen LogP contribution < -0.4 is 10.6 Å². The van der Waals surface area contributed by atoms with Crippen LogP contribution in [-0.2, 0) is 11.2 Å². The summed E-state index contributed by atoms with van der Waals surface area (Å²) >= 11 is 0. The van der Waals surface area contributed by atoms with Gasteiger partial charge in [0.05, 0.1) is 0 Å². The summed E-state index contributed by atoms with van der Waals surface area (Å²) in [6, 6.07) is 6.38. The number of rotatable bonds is 7. The van der Waals surface area contributed by atoms with E-state index in [4.69, 9.17) is 0 Å². The van der Waals surface area contributed by atoms with Gasteiger partial charge in [-0.05, 0) is 23.5 Å². The van der Waals surface area contributed by atoms with Crippen LogP contribution in [0.2, 0.25) is 0 Å². The smallest absolute Gasteiger partial charge is 0.354 e. The number of alkyl halides is 3. The molecule has 1 fully saturated rings. The molecule has 0 bridgehead atoms. The van der Waals surface area contributed by atoms with E-state index in [1.807, 2.05) is 31.2 Å². The van der Waals surface area contributed by atoms with Crippen LogP contribution >= 0.6 is 0 Å². The number of amides is 1. The number of benzene rings is 1. The highest BCUT2D eigenvalue weighted by atomic mass is 19.4. The Morgan fingerprint density at radius 1 is 1.23 bits per heavy atom. The number of halogens is 3. The third kappa shape index (κ3) is 5.99. The average Bonchev–Trinajstić information content (AvgIpc) is 2.61. The molecule has 1 aliphatic rings. The Morgan fingerprint density at radius 2 is 1.85 bits per heavy atom. The van der Waals surface area contributed by atoms with Crippen molar-refractivity contribution in [1.29, 1.82) is 0 Å². The molecule has 2 N–H and O–H groups in total. The van der Waals surface area contributed by atoms with Crippen LogP contribution in [0.3, 0.4) is 0 Å². The van der Waals surface area contributed by atoms with Gasteiger partial charge in [-0.15, -0.1) is 0 Å². The van der Waals surface area contributed by atoms with Crippen LogP contribution in [0.25, 0.3) is 0 Å². The molecule has 1 aliphatic heterocycles. The third-order valence-electron chi connectivity index (χ3n) is 4.91. The van der Waals surface area contributed by atoms with Gasteiger partial charge in [0.15, 0.2) is 0 Å². The predicted molar refractivity (Wildman–Crippen MR) is 96.1 cm³/mol. The van der Waals surface area contributed by atoms with Gasteiger partial charge in [-0.1, -0.05) is 38.1 Å². The highest BCUT2D eigenvalue weighted by Crippen LogP contribution is 2.25. The number of carbonyl (C=O) groups is 1. The zero-order chi connectivity index (χ0) is 19.2. The Bertz CT molecular complexity index is 568. The quantitative estimate of drug-likeness (QED) is 0.775. The number of carbonyl (C=O) groups excluding carboxylic acids is 1. The molecule has 26 heavy (non-hydrogen) atoms. The van der Waals surface area contributed by atoms with E-state index in [1.165, 1.54) is 10.5 Å². The lowest BCUT2D eigenvalue weighted by molar-refractivity contribution is -0.184. The molecule has 1 aromatic carbocycles. The molecule has 2 unspecified atom stereocenters. The molecule has 2 atom stereocenters. The van der Waals surface area contributed by atoms with E-state index in [9.17, 15) is 18.0 Å². The lowest BCUT2D eigenvalue weighted by Crippen LogP contribution is -2.57. The monoisotopic (exact) mass is 371 g/mol. The molecule has 0 aliphatic carbocycles. The van der Waals surface area contributed by atoms with Crippen molar-refractivity contribution in [3.8, 4) is 0 Å². The van der Waals surface area contributed by atoms with Crippen molar-refractivity contribution in [2.45, 2.75) is 44.8 Å². The average molecular weight is 371 g/mol. The van der Waals surface area contributed by atoms with Crippen LogP contribution in [0.5, 0.6) is 0 Å². The maximum absolute atomic E-state index is 13.3. The number of nitrogens with zero attached hydrogens (tertiary/aromatic N) is 1. The fourth-order valence-corrected chi connectivity index (χ4v) is 3.21. The van der Waals surface area contributed by atoms with E-state index in [-0.39, 0.29) is 18.2 Å². The molecule has 7 heteroatoms. The van der Waals surface area contributed by atoms with E-state index in [1.54, 1.807) is 0 Å².